The van der Waals surface area contributed by atoms with Crippen molar-refractivity contribution in [1.29, 1.82) is 0 Å². The van der Waals surface area contributed by atoms with E-state index in [1.54, 1.807) is 55.6 Å². The first-order valence-electron chi connectivity index (χ1n) is 18.9. The molecule has 60 heavy (non-hydrogen) atoms. The van der Waals surface area contributed by atoms with Crippen molar-refractivity contribution in [2.75, 3.05) is 35.5 Å². The number of phenols is 6. The van der Waals surface area contributed by atoms with Gasteiger partial charge in [0.05, 0.1) is 35.5 Å². The number of aromatic hydroxyl groups is 6. The fourth-order valence-electron chi connectivity index (χ4n) is 6.25. The Morgan fingerprint density at radius 1 is 0.333 bits per heavy atom. The van der Waals surface area contributed by atoms with E-state index in [2.05, 4.69) is 18.2 Å². The molecule has 6 aromatic carbocycles. The molecule has 0 aromatic heterocycles. The maximum absolute atomic E-state index is 9.93. The fraction of sp³-hybridized carbons (Fsp3) is 0.265. The van der Waals surface area contributed by atoms with E-state index >= 15 is 0 Å². The SMILES string of the molecule is C.COc1cc(CCc2cc(OC)c(O)c(OC)c2)ccc1C.COc1cc(CCc2cccc(O)c2)cc(OC)c1O.Oc1ccc(CCc2cc(O)cc(O)c2)cc1. The second kappa shape index (κ2) is 23.5. The van der Waals surface area contributed by atoms with Gasteiger partial charge in [-0.2, -0.15) is 0 Å². The number of phenolic OH excluding ortho intramolecular Hbond substituents is 6. The second-order valence-electron chi connectivity index (χ2n) is 13.7. The number of aryl methyl sites for hydroxylation is 7. The fourth-order valence-corrected chi connectivity index (χ4v) is 6.25. The topological polar surface area (TPSA) is 168 Å². The lowest BCUT2D eigenvalue weighted by atomic mass is 10.0. The van der Waals surface area contributed by atoms with Gasteiger partial charge in [0.1, 0.15) is 28.7 Å². The molecule has 0 aliphatic heterocycles. The molecule has 0 unspecified atom stereocenters. The van der Waals surface area contributed by atoms with E-state index < -0.39 is 0 Å². The molecule has 0 bridgehead atoms. The minimum atomic E-state index is 0. The molecule has 6 rings (SSSR count). The van der Waals surface area contributed by atoms with Crippen LogP contribution in [-0.2, 0) is 38.5 Å². The highest BCUT2D eigenvalue weighted by Gasteiger charge is 2.13. The molecule has 11 heteroatoms. The van der Waals surface area contributed by atoms with Crippen molar-refractivity contribution >= 4 is 0 Å². The van der Waals surface area contributed by atoms with Crippen LogP contribution < -0.4 is 23.7 Å². The van der Waals surface area contributed by atoms with Crippen LogP contribution in [0, 0.1) is 6.92 Å². The van der Waals surface area contributed by atoms with Crippen LogP contribution in [0.15, 0.2) is 109 Å². The lowest BCUT2D eigenvalue weighted by Crippen LogP contribution is -1.96. The lowest BCUT2D eigenvalue weighted by molar-refractivity contribution is 0.339. The van der Waals surface area contributed by atoms with E-state index in [0.717, 1.165) is 77.7 Å². The Bertz CT molecular complexity index is 2180. The molecule has 0 saturated heterocycles. The minimum Gasteiger partial charge on any atom is -0.508 e. The second-order valence-corrected chi connectivity index (χ2v) is 13.7. The summed E-state index contributed by atoms with van der Waals surface area (Å²) >= 11 is 0. The third-order valence-corrected chi connectivity index (χ3v) is 9.47. The summed E-state index contributed by atoms with van der Waals surface area (Å²) in [5.41, 5.74) is 7.41. The zero-order chi connectivity index (χ0) is 42.9. The van der Waals surface area contributed by atoms with Gasteiger partial charge in [-0.05, 0) is 151 Å². The summed E-state index contributed by atoms with van der Waals surface area (Å²) in [6.07, 6.45) is 4.75. The molecular formula is C49H58O11. The van der Waals surface area contributed by atoms with Crippen LogP contribution in [-0.4, -0.2) is 66.2 Å². The van der Waals surface area contributed by atoms with E-state index in [1.165, 1.54) is 40.1 Å². The van der Waals surface area contributed by atoms with Crippen molar-refractivity contribution in [3.8, 4) is 63.2 Å². The Labute approximate surface area is 353 Å². The van der Waals surface area contributed by atoms with E-state index in [0.29, 0.717) is 23.0 Å². The molecule has 0 amide bonds. The number of hydrogen-bond acceptors (Lipinski definition) is 11. The summed E-state index contributed by atoms with van der Waals surface area (Å²) in [7, 11) is 7.76. The maximum atomic E-state index is 9.93. The van der Waals surface area contributed by atoms with Crippen molar-refractivity contribution in [2.45, 2.75) is 52.9 Å². The van der Waals surface area contributed by atoms with Crippen LogP contribution in [0.25, 0.3) is 0 Å². The van der Waals surface area contributed by atoms with Crippen LogP contribution in [0.1, 0.15) is 46.4 Å². The van der Waals surface area contributed by atoms with Gasteiger partial charge < -0.3 is 54.3 Å². The number of rotatable bonds is 14. The Hall–Kier alpha value is -6.88. The quantitative estimate of drug-likeness (QED) is 0.0619. The highest BCUT2D eigenvalue weighted by molar-refractivity contribution is 5.54. The molecule has 0 heterocycles. The zero-order valence-corrected chi connectivity index (χ0v) is 34.4. The van der Waals surface area contributed by atoms with Crippen LogP contribution in [0.5, 0.6) is 63.2 Å². The van der Waals surface area contributed by atoms with Gasteiger partial charge in [0, 0.05) is 6.07 Å². The van der Waals surface area contributed by atoms with Crippen molar-refractivity contribution < 1.29 is 54.3 Å². The zero-order valence-electron chi connectivity index (χ0n) is 34.4. The maximum Gasteiger partial charge on any atom is 0.200 e. The van der Waals surface area contributed by atoms with Gasteiger partial charge in [0.2, 0.25) is 11.5 Å². The predicted octanol–water partition coefficient (Wildman–Crippen LogP) is 9.64. The van der Waals surface area contributed by atoms with Gasteiger partial charge >= 0.3 is 0 Å². The lowest BCUT2D eigenvalue weighted by Gasteiger charge is -2.12. The van der Waals surface area contributed by atoms with Gasteiger partial charge in [0.15, 0.2) is 23.0 Å². The Morgan fingerprint density at radius 2 is 0.683 bits per heavy atom. The third-order valence-electron chi connectivity index (χ3n) is 9.47. The van der Waals surface area contributed by atoms with Crippen molar-refractivity contribution in [1.82, 2.24) is 0 Å². The first-order valence-corrected chi connectivity index (χ1v) is 18.9. The first-order chi connectivity index (χ1) is 28.3. The molecule has 0 fully saturated rings. The average molecular weight is 823 g/mol. The van der Waals surface area contributed by atoms with Gasteiger partial charge in [-0.15, -0.1) is 0 Å². The molecule has 6 N–H and O–H groups in total. The number of hydrogen-bond donors (Lipinski definition) is 6. The standard InChI is InChI=1S/C18H22O4.C16H18O4.C14H14O3.CH4/c1-12-5-6-13(9-15(12)20-2)7-8-14-10-16(21-3)18(19)17(11-14)22-4;1-19-14-9-12(10-15(20-2)16(14)18)7-6-11-4-3-5-13(17)8-11;15-12-5-3-10(4-6-12)1-2-11-7-13(16)9-14(17)8-11;/h5-6,9-11,19H,7-8H2,1-4H3;3-5,8-10,17-18H,6-7H2,1-2H3;3-9,15-17H,1-2H2;1H4. The van der Waals surface area contributed by atoms with Crippen LogP contribution in [0.2, 0.25) is 0 Å². The van der Waals surface area contributed by atoms with Crippen molar-refractivity contribution in [3.05, 3.63) is 148 Å². The summed E-state index contributed by atoms with van der Waals surface area (Å²) in [4.78, 5) is 0. The van der Waals surface area contributed by atoms with Crippen LogP contribution in [0.4, 0.5) is 0 Å². The van der Waals surface area contributed by atoms with Gasteiger partial charge in [-0.25, -0.2) is 0 Å². The Kier molecular flexibility index (Phi) is 18.6. The average Bonchev–Trinajstić information content (AvgIpc) is 3.23. The Balaban J connectivity index is 0.000000240. The van der Waals surface area contributed by atoms with Gasteiger partial charge in [0.25, 0.3) is 0 Å². The van der Waals surface area contributed by atoms with Crippen molar-refractivity contribution in [2.24, 2.45) is 0 Å². The molecule has 0 atom stereocenters. The molecule has 320 valence electrons. The molecule has 0 saturated carbocycles. The molecular weight excluding hydrogens is 765 g/mol. The summed E-state index contributed by atoms with van der Waals surface area (Å²) < 4.78 is 26.0. The summed E-state index contributed by atoms with van der Waals surface area (Å²) in [5, 5.41) is 57.0. The monoisotopic (exact) mass is 822 g/mol. The number of methoxy groups -OCH3 is 5. The molecule has 0 aliphatic carbocycles. The van der Waals surface area contributed by atoms with Gasteiger partial charge in [-0.3, -0.25) is 0 Å². The minimum absolute atomic E-state index is 0. The van der Waals surface area contributed by atoms with Gasteiger partial charge in [-0.1, -0.05) is 43.8 Å². The molecule has 6 aromatic rings. The van der Waals surface area contributed by atoms with Crippen LogP contribution in [0.3, 0.4) is 0 Å². The third kappa shape index (κ3) is 14.2. The smallest absolute Gasteiger partial charge is 0.200 e. The Morgan fingerprint density at radius 3 is 1.12 bits per heavy atom. The summed E-state index contributed by atoms with van der Waals surface area (Å²) in [6, 6.07) is 32.3. The van der Waals surface area contributed by atoms with E-state index in [4.69, 9.17) is 28.8 Å². The number of ether oxygens (including phenoxy) is 5. The molecule has 0 spiro atoms. The van der Waals surface area contributed by atoms with Crippen LogP contribution >= 0.6 is 0 Å². The normalized spacial score (nSPS) is 10.2. The highest BCUT2D eigenvalue weighted by atomic mass is 16.5. The van der Waals surface area contributed by atoms with E-state index in [9.17, 15) is 25.5 Å². The highest BCUT2D eigenvalue weighted by Crippen LogP contribution is 2.38. The summed E-state index contributed by atoms with van der Waals surface area (Å²) in [6.45, 7) is 2.03. The molecule has 0 radical (unpaired) electrons. The molecule has 0 aliphatic rings. The number of benzene rings is 6. The molecule has 11 nitrogen and oxygen atoms in total. The van der Waals surface area contributed by atoms with E-state index in [1.807, 2.05) is 43.3 Å². The van der Waals surface area contributed by atoms with Crippen molar-refractivity contribution in [3.63, 3.8) is 0 Å². The van der Waals surface area contributed by atoms with E-state index in [-0.39, 0.29) is 41.9 Å². The largest absolute Gasteiger partial charge is 0.508 e. The summed E-state index contributed by atoms with van der Waals surface area (Å²) in [5.74, 6) is 3.26. The predicted molar refractivity (Wildman–Crippen MR) is 235 cm³/mol. The first kappa shape index (κ1) is 47.5.